The Morgan fingerprint density at radius 2 is 2.09 bits per heavy atom. The standard InChI is InChI=1S/C16H19F4NO2/c1-15(2)8-11(5-6-23-15)14(22)21-9-10-3-4-13(17)12(7-10)16(18,19)20/h3-4,7,11H,5-6,8-9H2,1-2H3,(H,21,22)/t11-/m0/s1. The van der Waals surface area contributed by atoms with Crippen molar-refractivity contribution in [2.45, 2.75) is 45.0 Å². The third-order valence-corrected chi connectivity index (χ3v) is 3.87. The smallest absolute Gasteiger partial charge is 0.376 e. The van der Waals surface area contributed by atoms with Crippen molar-refractivity contribution < 1.29 is 27.1 Å². The normalized spacial score (nSPS) is 21.0. The molecule has 2 rings (SSSR count). The number of alkyl halides is 3. The number of halogens is 4. The molecule has 3 nitrogen and oxygen atoms in total. The van der Waals surface area contributed by atoms with Crippen LogP contribution in [0.25, 0.3) is 0 Å². The lowest BCUT2D eigenvalue weighted by Crippen LogP contribution is -2.41. The highest BCUT2D eigenvalue weighted by Crippen LogP contribution is 2.32. The molecular weight excluding hydrogens is 314 g/mol. The van der Waals surface area contributed by atoms with E-state index >= 15 is 0 Å². The summed E-state index contributed by atoms with van der Waals surface area (Å²) in [6, 6.07) is 2.73. The van der Waals surface area contributed by atoms with Crippen molar-refractivity contribution in [1.82, 2.24) is 5.32 Å². The highest BCUT2D eigenvalue weighted by Gasteiger charge is 2.35. The molecule has 1 aliphatic heterocycles. The molecule has 1 aromatic rings. The van der Waals surface area contributed by atoms with Gasteiger partial charge in [-0.05, 0) is 44.4 Å². The van der Waals surface area contributed by atoms with Crippen LogP contribution < -0.4 is 5.32 Å². The van der Waals surface area contributed by atoms with Crippen molar-refractivity contribution in [2.24, 2.45) is 5.92 Å². The lowest BCUT2D eigenvalue weighted by molar-refractivity contribution is -0.140. The molecule has 0 aliphatic carbocycles. The minimum absolute atomic E-state index is 0.0695. The summed E-state index contributed by atoms with van der Waals surface area (Å²) in [5, 5.41) is 2.62. The largest absolute Gasteiger partial charge is 0.419 e. The van der Waals surface area contributed by atoms with Gasteiger partial charge < -0.3 is 10.1 Å². The quantitative estimate of drug-likeness (QED) is 0.857. The van der Waals surface area contributed by atoms with Crippen LogP contribution in [0, 0.1) is 11.7 Å². The number of nitrogens with one attached hydrogen (secondary N) is 1. The van der Waals surface area contributed by atoms with Gasteiger partial charge in [0.1, 0.15) is 5.82 Å². The molecule has 0 aromatic heterocycles. The van der Waals surface area contributed by atoms with Gasteiger partial charge in [-0.25, -0.2) is 4.39 Å². The van der Waals surface area contributed by atoms with E-state index in [9.17, 15) is 22.4 Å². The molecule has 1 saturated heterocycles. The Bertz CT molecular complexity index is 584. The van der Waals surface area contributed by atoms with Gasteiger partial charge in [0.25, 0.3) is 0 Å². The van der Waals surface area contributed by atoms with E-state index in [1.807, 2.05) is 13.8 Å². The fourth-order valence-electron chi connectivity index (χ4n) is 2.69. The van der Waals surface area contributed by atoms with Gasteiger partial charge in [0.05, 0.1) is 11.2 Å². The first-order valence-corrected chi connectivity index (χ1v) is 7.36. The van der Waals surface area contributed by atoms with E-state index in [-0.39, 0.29) is 29.5 Å². The summed E-state index contributed by atoms with van der Waals surface area (Å²) in [5.41, 5.74) is -1.51. The van der Waals surface area contributed by atoms with Crippen LogP contribution in [0.1, 0.15) is 37.8 Å². The minimum atomic E-state index is -4.76. The third-order valence-electron chi connectivity index (χ3n) is 3.87. The minimum Gasteiger partial charge on any atom is -0.376 e. The predicted molar refractivity (Wildman–Crippen MR) is 76.0 cm³/mol. The number of amides is 1. The third kappa shape index (κ3) is 4.67. The van der Waals surface area contributed by atoms with Crippen molar-refractivity contribution in [3.05, 3.63) is 35.1 Å². The first-order valence-electron chi connectivity index (χ1n) is 7.36. The van der Waals surface area contributed by atoms with Crippen molar-refractivity contribution in [1.29, 1.82) is 0 Å². The van der Waals surface area contributed by atoms with Crippen molar-refractivity contribution in [3.8, 4) is 0 Å². The molecule has 1 atom stereocenters. The maximum absolute atomic E-state index is 13.2. The van der Waals surface area contributed by atoms with Gasteiger partial charge >= 0.3 is 6.18 Å². The molecule has 1 fully saturated rings. The first kappa shape index (κ1) is 17.7. The van der Waals surface area contributed by atoms with Crippen LogP contribution >= 0.6 is 0 Å². The van der Waals surface area contributed by atoms with E-state index in [4.69, 9.17) is 4.74 Å². The van der Waals surface area contributed by atoms with Gasteiger partial charge in [-0.15, -0.1) is 0 Å². The summed E-state index contributed by atoms with van der Waals surface area (Å²) >= 11 is 0. The lowest BCUT2D eigenvalue weighted by atomic mass is 9.88. The summed E-state index contributed by atoms with van der Waals surface area (Å²) < 4.78 is 56.7. The van der Waals surface area contributed by atoms with Gasteiger partial charge in [-0.1, -0.05) is 6.07 Å². The Morgan fingerprint density at radius 3 is 2.70 bits per heavy atom. The number of carbonyl (C=O) groups is 1. The SMILES string of the molecule is CC1(C)C[C@@H](C(=O)NCc2ccc(F)c(C(F)(F)F)c2)CCO1. The molecule has 0 saturated carbocycles. The average Bonchev–Trinajstić information content (AvgIpc) is 2.43. The number of hydrogen-bond acceptors (Lipinski definition) is 2. The van der Waals surface area contributed by atoms with Crippen molar-refractivity contribution in [2.75, 3.05) is 6.61 Å². The van der Waals surface area contributed by atoms with Gasteiger partial charge in [-0.3, -0.25) is 4.79 Å². The van der Waals surface area contributed by atoms with Crippen LogP contribution in [0.2, 0.25) is 0 Å². The van der Waals surface area contributed by atoms with Crippen molar-refractivity contribution in [3.63, 3.8) is 0 Å². The summed E-state index contributed by atoms with van der Waals surface area (Å²) in [5.74, 6) is -1.78. The number of hydrogen-bond donors (Lipinski definition) is 1. The number of benzene rings is 1. The van der Waals surface area contributed by atoms with Crippen LogP contribution in [-0.4, -0.2) is 18.1 Å². The molecule has 23 heavy (non-hydrogen) atoms. The van der Waals surface area contributed by atoms with Gasteiger partial charge in [0.15, 0.2) is 0 Å². The number of ether oxygens (including phenoxy) is 1. The molecule has 1 amide bonds. The molecule has 7 heteroatoms. The summed E-state index contributed by atoms with van der Waals surface area (Å²) in [6.07, 6.45) is -3.63. The monoisotopic (exact) mass is 333 g/mol. The Labute approximate surface area is 132 Å². The van der Waals surface area contributed by atoms with Gasteiger partial charge in [0, 0.05) is 19.1 Å². The zero-order chi connectivity index (χ0) is 17.3. The molecule has 0 spiro atoms. The Kier molecular flexibility index (Phi) is 4.98. The second-order valence-electron chi connectivity index (χ2n) is 6.33. The fraction of sp³-hybridized carbons (Fsp3) is 0.562. The number of carbonyl (C=O) groups excluding carboxylic acids is 1. The Morgan fingerprint density at radius 1 is 1.39 bits per heavy atom. The molecule has 0 unspecified atom stereocenters. The zero-order valence-electron chi connectivity index (χ0n) is 13.0. The molecule has 1 aromatic carbocycles. The topological polar surface area (TPSA) is 38.3 Å². The van der Waals surface area contributed by atoms with E-state index in [0.29, 0.717) is 19.4 Å². The maximum Gasteiger partial charge on any atom is 0.419 e. The molecule has 0 bridgehead atoms. The van der Waals surface area contributed by atoms with E-state index in [0.717, 1.165) is 12.1 Å². The summed E-state index contributed by atoms with van der Waals surface area (Å²) in [4.78, 5) is 12.1. The van der Waals surface area contributed by atoms with E-state index < -0.39 is 17.6 Å². The second kappa shape index (κ2) is 6.47. The van der Waals surface area contributed by atoms with Crippen LogP contribution in [0.15, 0.2) is 18.2 Å². The first-order chi connectivity index (χ1) is 10.6. The maximum atomic E-state index is 13.2. The Balaban J connectivity index is 1.99. The number of rotatable bonds is 3. The summed E-state index contributed by atoms with van der Waals surface area (Å²) in [7, 11) is 0. The zero-order valence-corrected chi connectivity index (χ0v) is 13.0. The molecule has 1 N–H and O–H groups in total. The molecule has 1 heterocycles. The predicted octanol–water partition coefficient (Wildman–Crippen LogP) is 3.67. The highest BCUT2D eigenvalue weighted by molar-refractivity contribution is 5.78. The van der Waals surface area contributed by atoms with Crippen LogP contribution in [0.4, 0.5) is 17.6 Å². The molecular formula is C16H19F4NO2. The highest BCUT2D eigenvalue weighted by atomic mass is 19.4. The summed E-state index contributed by atoms with van der Waals surface area (Å²) in [6.45, 7) is 4.18. The van der Waals surface area contributed by atoms with Gasteiger partial charge in [0.2, 0.25) is 5.91 Å². The van der Waals surface area contributed by atoms with Crippen LogP contribution in [0.5, 0.6) is 0 Å². The van der Waals surface area contributed by atoms with Gasteiger partial charge in [-0.2, -0.15) is 13.2 Å². The lowest BCUT2D eigenvalue weighted by Gasteiger charge is -2.34. The van der Waals surface area contributed by atoms with E-state index in [2.05, 4.69) is 5.32 Å². The molecule has 128 valence electrons. The Hall–Kier alpha value is -1.63. The van der Waals surface area contributed by atoms with Crippen LogP contribution in [0.3, 0.4) is 0 Å². The fourth-order valence-corrected chi connectivity index (χ4v) is 2.69. The van der Waals surface area contributed by atoms with Crippen molar-refractivity contribution >= 4 is 5.91 Å². The van der Waals surface area contributed by atoms with E-state index in [1.165, 1.54) is 6.07 Å². The van der Waals surface area contributed by atoms with Crippen LogP contribution in [-0.2, 0) is 22.3 Å². The second-order valence-corrected chi connectivity index (χ2v) is 6.33. The van der Waals surface area contributed by atoms with E-state index in [1.54, 1.807) is 0 Å². The molecule has 1 aliphatic rings. The average molecular weight is 333 g/mol. The molecule has 0 radical (unpaired) electrons.